The lowest BCUT2D eigenvalue weighted by Gasteiger charge is -2.24. The topological polar surface area (TPSA) is 42.3 Å². The van der Waals surface area contributed by atoms with Gasteiger partial charge in [-0.15, -0.1) is 0 Å². The molecular formula is C27H22N2O2. The monoisotopic (exact) mass is 406 g/mol. The number of pyridine rings is 1. The van der Waals surface area contributed by atoms with Crippen LogP contribution in [0.4, 0.5) is 5.69 Å². The van der Waals surface area contributed by atoms with Crippen molar-refractivity contribution in [3.05, 3.63) is 101 Å². The molecule has 4 aromatic carbocycles. The maximum absolute atomic E-state index is 13.6. The third-order valence-electron chi connectivity index (χ3n) is 5.85. The van der Waals surface area contributed by atoms with Crippen molar-refractivity contribution in [1.29, 1.82) is 0 Å². The molecule has 1 amide bonds. The first kappa shape index (κ1) is 19.1. The number of benzene rings is 4. The zero-order valence-corrected chi connectivity index (χ0v) is 17.3. The van der Waals surface area contributed by atoms with E-state index < -0.39 is 0 Å². The van der Waals surface area contributed by atoms with E-state index in [0.717, 1.165) is 27.5 Å². The number of amides is 1. The fourth-order valence-electron chi connectivity index (χ4n) is 4.39. The molecule has 1 heterocycles. The zero-order valence-electron chi connectivity index (χ0n) is 17.3. The summed E-state index contributed by atoms with van der Waals surface area (Å²) in [6.07, 6.45) is 0. The van der Waals surface area contributed by atoms with E-state index >= 15 is 0 Å². The van der Waals surface area contributed by atoms with Crippen LogP contribution in [-0.2, 0) is 11.3 Å². The molecule has 1 aromatic heterocycles. The van der Waals surface area contributed by atoms with Crippen molar-refractivity contribution in [3.63, 3.8) is 0 Å². The number of carbonyl (C=O) groups is 1. The molecule has 0 saturated heterocycles. The molecule has 0 spiro atoms. The number of hydrogen-bond donors (Lipinski definition) is 0. The van der Waals surface area contributed by atoms with Gasteiger partial charge in [-0.1, -0.05) is 60.7 Å². The Bertz CT molecular complexity index is 1440. The van der Waals surface area contributed by atoms with Crippen molar-refractivity contribution in [3.8, 4) is 0 Å². The van der Waals surface area contributed by atoms with Gasteiger partial charge in [0.25, 0.3) is 0 Å². The minimum absolute atomic E-state index is 0.00343. The first-order valence-corrected chi connectivity index (χ1v) is 10.5. The van der Waals surface area contributed by atoms with Crippen molar-refractivity contribution < 1.29 is 4.79 Å². The highest BCUT2D eigenvalue weighted by molar-refractivity contribution is 6.04. The van der Waals surface area contributed by atoms with Gasteiger partial charge in [-0.25, -0.2) is 0 Å². The highest BCUT2D eigenvalue weighted by Gasteiger charge is 2.19. The Labute approximate surface area is 180 Å². The average Bonchev–Trinajstić information content (AvgIpc) is 2.82. The lowest BCUT2D eigenvalue weighted by Crippen LogP contribution is -2.34. The third kappa shape index (κ3) is 3.17. The molecule has 152 valence electrons. The summed E-state index contributed by atoms with van der Waals surface area (Å²) < 4.78 is 1.96. The highest BCUT2D eigenvalue weighted by Crippen LogP contribution is 2.27. The maximum Gasteiger partial charge on any atom is 0.246 e. The van der Waals surface area contributed by atoms with Crippen LogP contribution in [0.15, 0.2) is 95.8 Å². The molecule has 0 atom stereocenters. The minimum atomic E-state index is -0.0159. The summed E-state index contributed by atoms with van der Waals surface area (Å²) in [6.45, 7) is 2.70. The van der Waals surface area contributed by atoms with Gasteiger partial charge in [0.2, 0.25) is 5.91 Å². The van der Waals surface area contributed by atoms with Gasteiger partial charge < -0.3 is 9.47 Å². The second-order valence-corrected chi connectivity index (χ2v) is 7.59. The molecule has 0 aliphatic carbocycles. The number of carbonyl (C=O) groups excluding carboxylic acids is 1. The summed E-state index contributed by atoms with van der Waals surface area (Å²) in [7, 11) is 0. The third-order valence-corrected chi connectivity index (χ3v) is 5.85. The number of fused-ring (bicyclic) bond motifs is 3. The van der Waals surface area contributed by atoms with Crippen LogP contribution in [0, 0.1) is 0 Å². The van der Waals surface area contributed by atoms with Crippen molar-refractivity contribution in [2.75, 3.05) is 11.4 Å². The Hall–Kier alpha value is -3.92. The van der Waals surface area contributed by atoms with E-state index in [-0.39, 0.29) is 17.9 Å². The molecule has 0 N–H and O–H groups in total. The largest absolute Gasteiger partial charge is 0.331 e. The van der Waals surface area contributed by atoms with Crippen LogP contribution in [0.2, 0.25) is 0 Å². The Morgan fingerprint density at radius 3 is 1.94 bits per heavy atom. The van der Waals surface area contributed by atoms with Gasteiger partial charge in [0, 0.05) is 22.7 Å². The summed E-state index contributed by atoms with van der Waals surface area (Å²) in [4.78, 5) is 28.4. The predicted octanol–water partition coefficient (Wildman–Crippen LogP) is 5.36. The van der Waals surface area contributed by atoms with E-state index in [0.29, 0.717) is 17.3 Å². The van der Waals surface area contributed by atoms with Crippen LogP contribution < -0.4 is 10.3 Å². The Morgan fingerprint density at radius 1 is 0.742 bits per heavy atom. The molecule has 4 nitrogen and oxygen atoms in total. The van der Waals surface area contributed by atoms with Gasteiger partial charge in [-0.3, -0.25) is 9.59 Å². The van der Waals surface area contributed by atoms with Gasteiger partial charge in [-0.2, -0.15) is 0 Å². The molecule has 31 heavy (non-hydrogen) atoms. The van der Waals surface area contributed by atoms with E-state index in [1.165, 1.54) is 0 Å². The fraction of sp³-hybridized carbons (Fsp3) is 0.111. The van der Waals surface area contributed by atoms with Crippen molar-refractivity contribution >= 4 is 44.2 Å². The summed E-state index contributed by atoms with van der Waals surface area (Å²) in [5.41, 5.74) is 2.44. The second-order valence-electron chi connectivity index (χ2n) is 7.59. The standard InChI is InChI=1S/C27H22N2O2/c1-2-28(23-17-9-11-19-10-3-4-12-20(19)23)26(30)18-29-24-15-7-5-13-21(24)27(31)22-14-6-8-16-25(22)29/h3-17H,2,18H2,1H3. The van der Waals surface area contributed by atoms with Crippen LogP contribution in [0.1, 0.15) is 6.92 Å². The number of para-hydroxylation sites is 2. The number of nitrogens with zero attached hydrogens (tertiary/aromatic N) is 2. The molecule has 0 saturated carbocycles. The first-order valence-electron chi connectivity index (χ1n) is 10.5. The maximum atomic E-state index is 13.6. The molecular weight excluding hydrogens is 384 g/mol. The molecule has 0 aliphatic heterocycles. The van der Waals surface area contributed by atoms with E-state index in [9.17, 15) is 9.59 Å². The lowest BCUT2D eigenvalue weighted by molar-refractivity contribution is -0.119. The molecule has 0 fully saturated rings. The van der Waals surface area contributed by atoms with Crippen molar-refractivity contribution in [1.82, 2.24) is 4.57 Å². The predicted molar refractivity (Wildman–Crippen MR) is 128 cm³/mol. The van der Waals surface area contributed by atoms with Gasteiger partial charge in [-0.05, 0) is 42.6 Å². The highest BCUT2D eigenvalue weighted by atomic mass is 16.2. The zero-order chi connectivity index (χ0) is 21.4. The normalized spacial score (nSPS) is 11.3. The average molecular weight is 406 g/mol. The molecule has 5 aromatic rings. The van der Waals surface area contributed by atoms with Crippen LogP contribution in [0.25, 0.3) is 32.6 Å². The Balaban J connectivity index is 1.66. The lowest BCUT2D eigenvalue weighted by atomic mass is 10.1. The van der Waals surface area contributed by atoms with Gasteiger partial charge in [0.15, 0.2) is 5.43 Å². The smallest absolute Gasteiger partial charge is 0.246 e. The molecule has 4 heteroatoms. The van der Waals surface area contributed by atoms with Crippen molar-refractivity contribution in [2.45, 2.75) is 13.5 Å². The second kappa shape index (κ2) is 7.73. The SMILES string of the molecule is CCN(C(=O)Cn1c2ccccc2c(=O)c2ccccc21)c1cccc2ccccc12. The fourth-order valence-corrected chi connectivity index (χ4v) is 4.39. The van der Waals surface area contributed by atoms with E-state index in [1.54, 1.807) is 0 Å². The van der Waals surface area contributed by atoms with Gasteiger partial charge in [0.1, 0.15) is 6.54 Å². The molecule has 5 rings (SSSR count). The number of rotatable bonds is 4. The van der Waals surface area contributed by atoms with E-state index in [4.69, 9.17) is 0 Å². The number of aromatic nitrogens is 1. The summed E-state index contributed by atoms with van der Waals surface area (Å²) >= 11 is 0. The van der Waals surface area contributed by atoms with Crippen molar-refractivity contribution in [2.24, 2.45) is 0 Å². The quantitative estimate of drug-likeness (QED) is 0.377. The first-order chi connectivity index (χ1) is 15.2. The summed E-state index contributed by atoms with van der Waals surface area (Å²) in [5.74, 6) is -0.0159. The number of hydrogen-bond acceptors (Lipinski definition) is 2. The number of anilines is 1. The molecule has 0 unspecified atom stereocenters. The molecule has 0 aliphatic rings. The summed E-state index contributed by atoms with van der Waals surface area (Å²) in [6, 6.07) is 29.1. The van der Waals surface area contributed by atoms with Gasteiger partial charge >= 0.3 is 0 Å². The summed E-state index contributed by atoms with van der Waals surface area (Å²) in [5, 5.41) is 3.41. The Morgan fingerprint density at radius 2 is 1.29 bits per heavy atom. The van der Waals surface area contributed by atoms with E-state index in [2.05, 4.69) is 12.1 Å². The Kier molecular flexibility index (Phi) is 4.75. The van der Waals surface area contributed by atoms with Crippen LogP contribution in [0.3, 0.4) is 0 Å². The van der Waals surface area contributed by atoms with Gasteiger partial charge in [0.05, 0.1) is 16.7 Å². The van der Waals surface area contributed by atoms with Crippen LogP contribution in [-0.4, -0.2) is 17.0 Å². The minimum Gasteiger partial charge on any atom is -0.331 e. The molecule has 0 bridgehead atoms. The van der Waals surface area contributed by atoms with E-state index in [1.807, 2.05) is 95.3 Å². The molecule has 0 radical (unpaired) electrons. The van der Waals surface area contributed by atoms with Crippen LogP contribution in [0.5, 0.6) is 0 Å². The van der Waals surface area contributed by atoms with Crippen LogP contribution >= 0.6 is 0 Å². The number of likely N-dealkylation sites (N-methyl/N-ethyl adjacent to an activating group) is 1.